The first-order valence-electron chi connectivity index (χ1n) is 50.2. The number of rotatable bonds is 26. The van der Waals surface area contributed by atoms with Crippen LogP contribution in [0, 0.1) is 0 Å². The number of H-pyrrole nitrogens is 4. The molecule has 144 heavy (non-hydrogen) atoms. The number of anilines is 2. The van der Waals surface area contributed by atoms with Crippen LogP contribution in [-0.4, -0.2) is 51.7 Å². The van der Waals surface area contributed by atoms with Gasteiger partial charge in [-0.05, 0) is 271 Å². The summed E-state index contributed by atoms with van der Waals surface area (Å²) in [7, 11) is 0. The standard InChI is InChI=1S/C132H104N10O2/c1-3-5-7-15-41-101-83-106(90-53-45-86(46-54-90)88-49-57-100(58-50-88)132(144)134-104-65-61-98(62-66-104)130-121-81-77-117(141-121)127(95-37-25-13-26-38-95)113-73-69-109(137-113)124(92-31-19-10-20-32-92)110-70-74-114(138-110)128(96-39-27-14-28-40-96)118-78-82-122(130)142-118)102(42-16-8-6-4-2)84-105(101)89-51-43-85(44-52-89)87-47-55-99(56-48-87)131(143)133-103-63-59-97(60-64-103)129-119-79-75-115(139-119)125(93-33-21-11-22-34-93)111-71-67-107(135-111)123(91-29-17-9-18-30-91)108-68-72-112(136-108)126(94-35-23-12-24-36-94)116-76-80-120(129)140-116/h9-14,17-40,43-84,135,137,140,142H,3-8,15-16,41-42H2,1-2H3,(H,133,143)(H,134,144). The highest BCUT2D eigenvalue weighted by Crippen LogP contribution is 2.45. The Morgan fingerprint density at radius 1 is 0.208 bits per heavy atom. The molecule has 0 aliphatic carbocycles. The lowest BCUT2D eigenvalue weighted by Crippen LogP contribution is -2.11. The van der Waals surface area contributed by atoms with Gasteiger partial charge in [0.15, 0.2) is 0 Å². The summed E-state index contributed by atoms with van der Waals surface area (Å²) in [5, 5.41) is 6.44. The lowest BCUT2D eigenvalue weighted by Gasteiger charge is -2.18. The Balaban J connectivity index is 0.495. The fraction of sp³-hybridized carbons (Fsp3) is 0.0909. The van der Waals surface area contributed by atoms with Crippen LogP contribution < -0.4 is 10.6 Å². The van der Waals surface area contributed by atoms with Gasteiger partial charge in [-0.15, -0.1) is 0 Å². The summed E-state index contributed by atoms with van der Waals surface area (Å²) in [5.41, 5.74) is 44.1. The molecule has 12 nitrogen and oxygen atoms in total. The minimum Gasteiger partial charge on any atom is -0.354 e. The maximum absolute atomic E-state index is 14.4. The molecule has 0 atom stereocenters. The second-order valence-corrected chi connectivity index (χ2v) is 37.4. The number of hydrogen-bond donors (Lipinski definition) is 6. The highest BCUT2D eigenvalue weighted by Gasteiger charge is 2.26. The summed E-state index contributed by atoms with van der Waals surface area (Å²) in [5.74, 6) is -0.401. The summed E-state index contributed by atoms with van der Waals surface area (Å²) in [6.45, 7) is 4.55. The molecule has 2 amide bonds. The van der Waals surface area contributed by atoms with E-state index in [0.29, 0.717) is 22.5 Å². The molecule has 4 aliphatic heterocycles. The first kappa shape index (κ1) is 89.9. The number of carbonyl (C=O) groups excluding carboxylic acids is 2. The van der Waals surface area contributed by atoms with Crippen LogP contribution >= 0.6 is 0 Å². The Kier molecular flexibility index (Phi) is 25.2. The van der Waals surface area contributed by atoms with E-state index in [1.807, 2.05) is 109 Å². The fourth-order valence-corrected chi connectivity index (χ4v) is 20.8. The molecule has 0 saturated heterocycles. The van der Waals surface area contributed by atoms with Crippen LogP contribution in [0.1, 0.15) is 143 Å². The van der Waals surface area contributed by atoms with Crippen molar-refractivity contribution in [3.8, 4) is 134 Å². The molecule has 19 aromatic rings. The van der Waals surface area contributed by atoms with Crippen LogP contribution in [0.4, 0.5) is 11.4 Å². The summed E-state index contributed by atoms with van der Waals surface area (Å²) in [4.78, 5) is 66.2. The SMILES string of the molecule is CCCCCCc1cc(-c2ccc(-c3ccc(C(=O)Nc4ccc(-c5c6nc(c(-c7ccccc7)c7ccc([nH]7)c(-c7ccccc7)c7nc(c(-c8ccccc8)c8ccc5[nH]8)C=C7)C=C6)cc4)cc3)cc2)c(CCCCCC)cc1-c1ccc(-c2ccc(C(=O)Nc3ccc(-c4c5nc(c(-c6ccccc6)c6ccc([nH]6)c(-c6ccccc6)c6nc(c(-c7ccccc7)c7ccc4[nH]7)C=C6)C=C5)cc3)cc2)cc1. The second kappa shape index (κ2) is 40.4. The number of fused-ring (bicyclic) bond motifs is 16. The second-order valence-electron chi connectivity index (χ2n) is 37.4. The van der Waals surface area contributed by atoms with E-state index in [1.165, 1.54) is 71.9 Å². The van der Waals surface area contributed by atoms with Gasteiger partial charge in [-0.3, -0.25) is 9.59 Å². The van der Waals surface area contributed by atoms with Crippen molar-refractivity contribution in [2.75, 3.05) is 10.6 Å². The molecule has 0 saturated carbocycles. The minimum atomic E-state index is -0.200. The molecule has 0 unspecified atom stereocenters. The molecular weight excluding hydrogens is 1760 g/mol. The molecular formula is C132H104N10O2. The first-order valence-corrected chi connectivity index (χ1v) is 50.2. The number of amides is 2. The molecule has 13 aromatic carbocycles. The minimum absolute atomic E-state index is 0.200. The first-order chi connectivity index (χ1) is 71.1. The van der Waals surface area contributed by atoms with Gasteiger partial charge in [-0.1, -0.05) is 344 Å². The number of aromatic amines is 4. The van der Waals surface area contributed by atoms with E-state index in [9.17, 15) is 9.59 Å². The average Bonchev–Trinajstić information content (AvgIpc) is 1.62. The number of unbranched alkanes of at least 4 members (excludes halogenated alkanes) is 6. The monoisotopic (exact) mass is 1860 g/mol. The molecule has 6 aromatic heterocycles. The summed E-state index contributed by atoms with van der Waals surface area (Å²) >= 11 is 0. The molecule has 6 N–H and O–H groups in total. The van der Waals surface area contributed by atoms with Gasteiger partial charge in [0, 0.05) is 111 Å². The van der Waals surface area contributed by atoms with Crippen LogP contribution in [0.3, 0.4) is 0 Å². The van der Waals surface area contributed by atoms with Gasteiger partial charge < -0.3 is 30.6 Å². The zero-order valence-electron chi connectivity index (χ0n) is 80.2. The number of aryl methyl sites for hydroxylation is 2. The molecule has 12 heteroatoms. The van der Waals surface area contributed by atoms with Crippen LogP contribution in [-0.2, 0) is 12.8 Å². The average molecular weight is 1860 g/mol. The van der Waals surface area contributed by atoms with Gasteiger partial charge in [0.2, 0.25) is 0 Å². The molecule has 694 valence electrons. The molecule has 4 aliphatic rings. The van der Waals surface area contributed by atoms with E-state index in [-0.39, 0.29) is 11.8 Å². The van der Waals surface area contributed by atoms with Gasteiger partial charge >= 0.3 is 0 Å². The Hall–Kier alpha value is -18.0. The normalized spacial score (nSPS) is 11.9. The molecule has 23 rings (SSSR count). The lowest BCUT2D eigenvalue weighted by atomic mass is 9.86. The third kappa shape index (κ3) is 18.6. The van der Waals surface area contributed by atoms with Crippen molar-refractivity contribution in [3.05, 3.63) is 456 Å². The quantitative estimate of drug-likeness (QED) is 0.0295. The molecule has 10 heterocycles. The predicted octanol–water partition coefficient (Wildman–Crippen LogP) is 34.4. The van der Waals surface area contributed by atoms with Crippen LogP contribution in [0.25, 0.3) is 226 Å². The van der Waals surface area contributed by atoms with Gasteiger partial charge in [0.1, 0.15) is 0 Å². The fourth-order valence-electron chi connectivity index (χ4n) is 20.8. The summed E-state index contributed by atoms with van der Waals surface area (Å²) in [6, 6.07) is 135. The highest BCUT2D eigenvalue weighted by atomic mass is 16.2. The number of carbonyl (C=O) groups is 2. The Bertz CT molecular complexity index is 7990. The van der Waals surface area contributed by atoms with E-state index in [0.717, 1.165) is 227 Å². The molecule has 0 spiro atoms. The van der Waals surface area contributed by atoms with Gasteiger partial charge in [0.25, 0.3) is 11.8 Å². The molecule has 0 fully saturated rings. The number of hydrogen-bond acceptors (Lipinski definition) is 6. The van der Waals surface area contributed by atoms with E-state index in [4.69, 9.17) is 19.9 Å². The number of aromatic nitrogens is 8. The van der Waals surface area contributed by atoms with E-state index in [2.05, 4.69) is 372 Å². The van der Waals surface area contributed by atoms with Crippen molar-refractivity contribution >= 4 is 116 Å². The van der Waals surface area contributed by atoms with Crippen molar-refractivity contribution in [1.82, 2.24) is 39.9 Å². The summed E-state index contributed by atoms with van der Waals surface area (Å²) in [6.07, 6.45) is 28.2. The van der Waals surface area contributed by atoms with Crippen molar-refractivity contribution in [2.45, 2.75) is 78.1 Å². The van der Waals surface area contributed by atoms with E-state index >= 15 is 0 Å². The third-order valence-corrected chi connectivity index (χ3v) is 28.0. The Morgan fingerprint density at radius 3 is 0.618 bits per heavy atom. The third-order valence-electron chi connectivity index (χ3n) is 28.0. The number of benzene rings is 13. The van der Waals surface area contributed by atoms with Gasteiger partial charge in [-0.2, -0.15) is 0 Å². The van der Waals surface area contributed by atoms with Crippen LogP contribution in [0.2, 0.25) is 0 Å². The van der Waals surface area contributed by atoms with E-state index < -0.39 is 0 Å². The van der Waals surface area contributed by atoms with Gasteiger partial charge in [0.05, 0.1) is 45.6 Å². The smallest absolute Gasteiger partial charge is 0.255 e. The van der Waals surface area contributed by atoms with E-state index in [1.54, 1.807) is 0 Å². The lowest BCUT2D eigenvalue weighted by molar-refractivity contribution is 0.101. The highest BCUT2D eigenvalue weighted by molar-refractivity contribution is 6.08. The van der Waals surface area contributed by atoms with Crippen molar-refractivity contribution in [2.24, 2.45) is 0 Å². The Labute approximate surface area is 838 Å². The molecule has 0 radical (unpaired) electrons. The molecule has 16 bridgehead atoms. The van der Waals surface area contributed by atoms with Crippen LogP contribution in [0.5, 0.6) is 0 Å². The number of nitrogens with zero attached hydrogens (tertiary/aromatic N) is 4. The predicted molar refractivity (Wildman–Crippen MR) is 601 cm³/mol. The van der Waals surface area contributed by atoms with Crippen molar-refractivity contribution in [3.63, 3.8) is 0 Å². The largest absolute Gasteiger partial charge is 0.354 e. The zero-order chi connectivity index (χ0) is 96.8. The van der Waals surface area contributed by atoms with Crippen molar-refractivity contribution < 1.29 is 9.59 Å². The van der Waals surface area contributed by atoms with Gasteiger partial charge in [-0.25, -0.2) is 19.9 Å². The Morgan fingerprint density at radius 2 is 0.403 bits per heavy atom. The van der Waals surface area contributed by atoms with Crippen LogP contribution in [0.15, 0.2) is 388 Å². The topological polar surface area (TPSA) is 173 Å². The number of nitrogens with one attached hydrogen (secondary N) is 6. The maximum atomic E-state index is 14.4. The summed E-state index contributed by atoms with van der Waals surface area (Å²) < 4.78 is 0. The maximum Gasteiger partial charge on any atom is 0.255 e. The van der Waals surface area contributed by atoms with Crippen molar-refractivity contribution in [1.29, 1.82) is 0 Å². The zero-order valence-corrected chi connectivity index (χ0v) is 80.2.